The Morgan fingerprint density at radius 3 is 2.69 bits per heavy atom. The normalized spacial score (nSPS) is 12.2. The van der Waals surface area contributed by atoms with E-state index < -0.39 is 6.04 Å². The Balaban J connectivity index is 3.04. The molecule has 1 rings (SSSR count). The number of benzene rings is 1. The van der Waals surface area contributed by atoms with Gasteiger partial charge in [-0.25, -0.2) is 0 Å². The molecular formula is C9H8ClNO2. The maximum Gasteiger partial charge on any atom is 0.175 e. The van der Waals surface area contributed by atoms with E-state index >= 15 is 0 Å². The molecule has 0 aliphatic rings. The zero-order valence-electron chi connectivity index (χ0n) is 7.03. The summed E-state index contributed by atoms with van der Waals surface area (Å²) in [6, 6.07) is 5.64. The molecule has 0 radical (unpaired) electrons. The van der Waals surface area contributed by atoms with E-state index in [4.69, 9.17) is 11.6 Å². The summed E-state index contributed by atoms with van der Waals surface area (Å²) < 4.78 is 0. The van der Waals surface area contributed by atoms with Gasteiger partial charge in [-0.1, -0.05) is 28.9 Å². The number of carbonyl (C=O) groups is 1. The van der Waals surface area contributed by atoms with E-state index in [0.717, 1.165) is 0 Å². The fraction of sp³-hybridized carbons (Fsp3) is 0.222. The predicted octanol–water partition coefficient (Wildman–Crippen LogP) is 2.74. The van der Waals surface area contributed by atoms with Gasteiger partial charge in [0.2, 0.25) is 0 Å². The maximum atomic E-state index is 10.9. The fourth-order valence-corrected chi connectivity index (χ4v) is 1.25. The molecule has 3 nitrogen and oxygen atoms in total. The summed E-state index contributed by atoms with van der Waals surface area (Å²) >= 11 is 5.70. The van der Waals surface area contributed by atoms with Crippen LogP contribution in [0.15, 0.2) is 29.4 Å². The second-order valence-electron chi connectivity index (χ2n) is 2.67. The molecule has 0 aliphatic carbocycles. The number of halogens is 1. The van der Waals surface area contributed by atoms with Crippen LogP contribution in [0.1, 0.15) is 18.5 Å². The SMILES string of the molecule is CC(=O)C(N=O)c1cccc(Cl)c1. The minimum Gasteiger partial charge on any atom is -0.297 e. The van der Waals surface area contributed by atoms with Crippen molar-refractivity contribution >= 4 is 17.4 Å². The Morgan fingerprint density at radius 2 is 2.23 bits per heavy atom. The van der Waals surface area contributed by atoms with Crippen LogP contribution in [0.2, 0.25) is 5.02 Å². The Hall–Kier alpha value is -1.22. The van der Waals surface area contributed by atoms with Crippen LogP contribution in [0.3, 0.4) is 0 Å². The molecule has 68 valence electrons. The van der Waals surface area contributed by atoms with Crippen LogP contribution in [0, 0.1) is 4.91 Å². The number of hydrogen-bond donors (Lipinski definition) is 0. The van der Waals surface area contributed by atoms with Gasteiger partial charge in [-0.3, -0.25) is 4.79 Å². The quantitative estimate of drug-likeness (QED) is 0.700. The Kier molecular flexibility index (Phi) is 3.14. The highest BCUT2D eigenvalue weighted by atomic mass is 35.5. The van der Waals surface area contributed by atoms with Gasteiger partial charge in [0, 0.05) is 5.02 Å². The van der Waals surface area contributed by atoms with E-state index in [1.54, 1.807) is 24.3 Å². The number of rotatable bonds is 3. The third-order valence-electron chi connectivity index (χ3n) is 1.65. The first-order valence-electron chi connectivity index (χ1n) is 3.73. The topological polar surface area (TPSA) is 46.5 Å². The molecule has 0 bridgehead atoms. The van der Waals surface area contributed by atoms with E-state index in [1.165, 1.54) is 6.92 Å². The van der Waals surface area contributed by atoms with Crippen LogP contribution in [0.5, 0.6) is 0 Å². The van der Waals surface area contributed by atoms with Crippen LogP contribution < -0.4 is 0 Å². The summed E-state index contributed by atoms with van der Waals surface area (Å²) in [7, 11) is 0. The van der Waals surface area contributed by atoms with Crippen LogP contribution in [-0.4, -0.2) is 5.78 Å². The predicted molar refractivity (Wildman–Crippen MR) is 50.7 cm³/mol. The van der Waals surface area contributed by atoms with Crippen molar-refractivity contribution in [3.8, 4) is 0 Å². The molecule has 1 aromatic rings. The van der Waals surface area contributed by atoms with Gasteiger partial charge in [-0.05, 0) is 24.6 Å². The molecule has 0 heterocycles. The van der Waals surface area contributed by atoms with E-state index in [2.05, 4.69) is 5.18 Å². The van der Waals surface area contributed by atoms with Crippen molar-refractivity contribution in [3.63, 3.8) is 0 Å². The summed E-state index contributed by atoms with van der Waals surface area (Å²) in [6.07, 6.45) is 0. The van der Waals surface area contributed by atoms with Crippen molar-refractivity contribution in [2.24, 2.45) is 5.18 Å². The first-order valence-corrected chi connectivity index (χ1v) is 4.11. The minimum atomic E-state index is -0.932. The smallest absolute Gasteiger partial charge is 0.175 e. The molecule has 0 aliphatic heterocycles. The summed E-state index contributed by atoms with van der Waals surface area (Å²) in [5.41, 5.74) is 0.537. The minimum absolute atomic E-state index is 0.280. The van der Waals surface area contributed by atoms with Crippen LogP contribution in [-0.2, 0) is 4.79 Å². The van der Waals surface area contributed by atoms with Gasteiger partial charge >= 0.3 is 0 Å². The van der Waals surface area contributed by atoms with Gasteiger partial charge in [-0.15, -0.1) is 4.91 Å². The maximum absolute atomic E-state index is 10.9. The summed E-state index contributed by atoms with van der Waals surface area (Å²) in [5, 5.41) is 3.23. The van der Waals surface area contributed by atoms with E-state index in [9.17, 15) is 9.70 Å². The van der Waals surface area contributed by atoms with Crippen molar-refractivity contribution in [3.05, 3.63) is 39.8 Å². The van der Waals surface area contributed by atoms with Crippen molar-refractivity contribution in [1.82, 2.24) is 0 Å². The van der Waals surface area contributed by atoms with E-state index in [-0.39, 0.29) is 5.78 Å². The first-order chi connectivity index (χ1) is 6.15. The lowest BCUT2D eigenvalue weighted by atomic mass is 10.1. The van der Waals surface area contributed by atoms with Gasteiger partial charge in [0.25, 0.3) is 0 Å². The number of nitroso groups, excluding NO2 is 1. The van der Waals surface area contributed by atoms with Crippen molar-refractivity contribution < 1.29 is 4.79 Å². The monoisotopic (exact) mass is 197 g/mol. The van der Waals surface area contributed by atoms with E-state index in [1.807, 2.05) is 0 Å². The molecule has 0 amide bonds. The molecule has 1 aromatic carbocycles. The molecule has 1 unspecified atom stereocenters. The highest BCUT2D eigenvalue weighted by molar-refractivity contribution is 6.30. The molecule has 0 spiro atoms. The zero-order valence-corrected chi connectivity index (χ0v) is 7.78. The largest absolute Gasteiger partial charge is 0.297 e. The summed E-state index contributed by atoms with van der Waals surface area (Å²) in [5.74, 6) is -0.280. The zero-order chi connectivity index (χ0) is 9.84. The standard InChI is InChI=1S/C9H8ClNO2/c1-6(12)9(11-13)7-3-2-4-8(10)5-7/h2-5,9H,1H3. The van der Waals surface area contributed by atoms with Crippen LogP contribution >= 0.6 is 11.6 Å². The Morgan fingerprint density at radius 1 is 1.54 bits per heavy atom. The average molecular weight is 198 g/mol. The van der Waals surface area contributed by atoms with Crippen LogP contribution in [0.4, 0.5) is 0 Å². The molecular weight excluding hydrogens is 190 g/mol. The highest BCUT2D eigenvalue weighted by Crippen LogP contribution is 2.21. The summed E-state index contributed by atoms with van der Waals surface area (Å²) in [6.45, 7) is 1.33. The van der Waals surface area contributed by atoms with Gasteiger partial charge < -0.3 is 0 Å². The number of nitrogens with zero attached hydrogens (tertiary/aromatic N) is 1. The Bertz CT molecular complexity index is 338. The molecule has 0 aromatic heterocycles. The molecule has 4 heteroatoms. The Labute approximate surface area is 80.7 Å². The third-order valence-corrected chi connectivity index (χ3v) is 1.89. The van der Waals surface area contributed by atoms with Crippen molar-refractivity contribution in [1.29, 1.82) is 0 Å². The number of Topliss-reactive ketones (excluding diaryl/α,β-unsaturated/α-hetero) is 1. The molecule has 0 saturated carbocycles. The molecule has 0 N–H and O–H groups in total. The highest BCUT2D eigenvalue weighted by Gasteiger charge is 2.16. The average Bonchev–Trinajstić information content (AvgIpc) is 2.04. The second kappa shape index (κ2) is 4.14. The lowest BCUT2D eigenvalue weighted by Gasteiger charge is -2.04. The van der Waals surface area contributed by atoms with Crippen molar-refractivity contribution in [2.75, 3.05) is 0 Å². The fourth-order valence-electron chi connectivity index (χ4n) is 1.05. The van der Waals surface area contributed by atoms with Crippen LogP contribution in [0.25, 0.3) is 0 Å². The van der Waals surface area contributed by atoms with Gasteiger partial charge in [0.05, 0.1) is 0 Å². The second-order valence-corrected chi connectivity index (χ2v) is 3.11. The lowest BCUT2D eigenvalue weighted by molar-refractivity contribution is -0.118. The number of hydrogen-bond acceptors (Lipinski definition) is 3. The molecule has 0 fully saturated rings. The first kappa shape index (κ1) is 9.86. The molecule has 13 heavy (non-hydrogen) atoms. The van der Waals surface area contributed by atoms with Gasteiger partial charge in [0.15, 0.2) is 11.8 Å². The van der Waals surface area contributed by atoms with E-state index in [0.29, 0.717) is 10.6 Å². The lowest BCUT2D eigenvalue weighted by Crippen LogP contribution is -2.04. The van der Waals surface area contributed by atoms with Crippen molar-refractivity contribution in [2.45, 2.75) is 13.0 Å². The van der Waals surface area contributed by atoms with Gasteiger partial charge in [-0.2, -0.15) is 0 Å². The molecule has 1 atom stereocenters. The third kappa shape index (κ3) is 2.36. The summed E-state index contributed by atoms with van der Waals surface area (Å²) in [4.78, 5) is 21.3. The number of ketones is 1. The molecule has 0 saturated heterocycles. The van der Waals surface area contributed by atoms with Gasteiger partial charge in [0.1, 0.15) is 0 Å². The number of carbonyl (C=O) groups excluding carboxylic acids is 1.